The van der Waals surface area contributed by atoms with Crippen molar-refractivity contribution < 1.29 is 116 Å². The highest BCUT2D eigenvalue weighted by molar-refractivity contribution is 6.07. The van der Waals surface area contributed by atoms with Crippen molar-refractivity contribution in [3.63, 3.8) is 0 Å². The number of imide groups is 2. The molecule has 0 bridgehead atoms. The summed E-state index contributed by atoms with van der Waals surface area (Å²) < 4.78 is 15.1. The Morgan fingerprint density at radius 1 is 0.392 bits per heavy atom. The first-order valence-corrected chi connectivity index (χ1v) is 53.0. The van der Waals surface area contributed by atoms with E-state index in [1.807, 2.05) is 135 Å². The van der Waals surface area contributed by atoms with Gasteiger partial charge in [0.25, 0.3) is 11.8 Å². The minimum Gasteiger partial charge on any atom is -0.481 e. The molecule has 3 aromatic carbocycles. The van der Waals surface area contributed by atoms with Crippen LogP contribution in [0, 0.1) is 121 Å². The molecule has 0 spiro atoms. The Balaban J connectivity index is 0.00000126. The molecule has 4 heterocycles. The number of aliphatic carboxylic acids is 3. The maximum Gasteiger partial charge on any atom is 0.318 e. The summed E-state index contributed by atoms with van der Waals surface area (Å²) in [4.78, 5) is 244. The van der Waals surface area contributed by atoms with Gasteiger partial charge in [-0.25, -0.2) is 0 Å². The van der Waals surface area contributed by atoms with E-state index in [2.05, 4.69) is 32.9 Å². The largest absolute Gasteiger partial charge is 0.481 e. The highest BCUT2D eigenvalue weighted by Crippen LogP contribution is 2.57. The zero-order chi connectivity index (χ0) is 113. The Morgan fingerprint density at radius 2 is 0.743 bits per heavy atom. The summed E-state index contributed by atoms with van der Waals surface area (Å²) in [5, 5.41) is 53.4. The number of likely N-dealkylation sites (tertiary alicyclic amines) is 2. The third-order valence-corrected chi connectivity index (χ3v) is 30.2. The molecule has 0 aromatic heterocycles. The van der Waals surface area contributed by atoms with Crippen LogP contribution < -0.4 is 47.4 Å². The molecule has 7 rings (SSSR count). The van der Waals surface area contributed by atoms with Crippen LogP contribution in [0.15, 0.2) is 72.8 Å². The third-order valence-electron chi connectivity index (χ3n) is 30.2. The number of benzene rings is 3. The Morgan fingerprint density at radius 3 is 1.11 bits per heavy atom. The number of aliphatic hydroxyl groups excluding tert-OH is 1. The summed E-state index contributed by atoms with van der Waals surface area (Å²) in [5.74, 6) is -29.3. The van der Waals surface area contributed by atoms with Gasteiger partial charge in [0, 0.05) is 128 Å². The fourth-order valence-corrected chi connectivity index (χ4v) is 21.4. The Hall–Kier alpha value is -11.1. The van der Waals surface area contributed by atoms with Crippen molar-refractivity contribution in [2.75, 3.05) is 123 Å². The number of ketones is 1. The van der Waals surface area contributed by atoms with Crippen molar-refractivity contribution in [2.24, 2.45) is 132 Å². The minimum atomic E-state index is -1.74. The number of nitrogens with zero attached hydrogens (tertiary/aromatic N) is 5. The van der Waals surface area contributed by atoms with E-state index in [1.165, 1.54) is 40.5 Å². The Labute approximate surface area is 879 Å². The van der Waals surface area contributed by atoms with Gasteiger partial charge >= 0.3 is 47.8 Å². The van der Waals surface area contributed by atoms with Gasteiger partial charge in [-0.15, -0.1) is 0 Å². The number of nitrogens with one attached hydrogen (secondary N) is 4. The molecule has 4 fully saturated rings. The highest BCUT2D eigenvalue weighted by atomic mass is 16.6. The molecule has 35 nitrogen and oxygen atoms in total. The summed E-state index contributed by atoms with van der Waals surface area (Å²) in [5.41, 5.74) is 6.48. The number of Topliss-reactive ketones (excluding diaryl/α,β-unsaturated/α-hetero) is 1. The maximum atomic E-state index is 15.7. The third kappa shape index (κ3) is 36.4. The molecule has 35 heteroatoms. The molecular weight excluding hydrogens is 1900 g/mol. The number of anilines is 3. The molecule has 12 N–H and O–H groups in total. The van der Waals surface area contributed by atoms with Crippen LogP contribution in [0.1, 0.15) is 306 Å². The number of ether oxygens (including phenoxy) is 3. The summed E-state index contributed by atoms with van der Waals surface area (Å²) in [7, 11) is 11.5. The SMILES string of the molecule is CCC(C)(C)C1C(=O)OC(=O)C1C.CCCCN.CCCCNC(=O)C(C(CC(C)(C)C(C(=O)OCC)C(CC(C)(C)C1C(=O)OC(=O)C1C)C(=O)O)C(=O)O)C(C)(C)CC1C(=O)N(CCCC)C(=O)C1C(C)(C)CC1C(=O)N(CCCNC(=O)c2ccc(N(C)C)cc2)C(=O)C1C(C)(C)CC(C(=O)O)C(C(=O)NCCCNC(=O)c1ccc(N(C)C)cc1)C(C)(C)CC.CCO.CN(C)c1ccc(C(=O)CCCCN)cc1. The number of esters is 5. The standard InChI is InChI=1S/C84H128N8O19.C13H20N2O.C10H16O3.C4H11N.C2H6O/c1-22-26-38-87-68(96)61(57(74(103)104)47-84(16,17)64(77(108)110-25-4)58(75(105)106)48-80(8,9)59-49(5)76(107)111-78(59)109)81(10,11)44-54-62(71(99)91(69(54)97)42-27-23-2)82(12,13)45-55-63(72(100)92(70(55)98)43-29-41-86-66(94)51-32-36-53(37-33-51)90(20)21)83(14,15)46-56(73(101)102)60(79(6,7)24-3)67(95)88-40-28-39-85-65(93)50-30-34-52(35-31-50)89(18)19;1-15(2)12-8-6-11(7-9-12)13(16)5-3-4-10-14;1-5-10(3,4)7-6(2)8(11)13-9(7)12;1-2-3-4-5;1-2-3/h30-37,49,54-64H,22-29,38-48H2,1-21H3,(H,85,93)(H,86,94)(H,87,96)(H,88,95)(H,101,102)(H,103,104)(H,105,106);6-9H,3-5,10,14H2,1-2H3;6-7H,5H2,1-4H3;2-5H2,1H3;3H,2H2,1H3. The molecule has 832 valence electrons. The normalized spacial score (nSPS) is 19.2. The lowest BCUT2D eigenvalue weighted by Crippen LogP contribution is -2.51. The number of aliphatic hydroxyl groups is 1. The monoisotopic (exact) mass is 2080 g/mol. The number of carbonyl (C=O) groups is 17. The molecule has 3 aromatic rings. The van der Waals surface area contributed by atoms with Crippen LogP contribution in [-0.2, 0) is 81.3 Å². The van der Waals surface area contributed by atoms with Gasteiger partial charge in [-0.05, 0) is 215 Å². The van der Waals surface area contributed by atoms with Gasteiger partial charge in [-0.2, -0.15) is 0 Å². The van der Waals surface area contributed by atoms with E-state index in [0.29, 0.717) is 62.6 Å². The second-order valence-electron chi connectivity index (χ2n) is 45.5. The quantitative estimate of drug-likeness (QED) is 0.00626. The highest BCUT2D eigenvalue weighted by Gasteiger charge is 2.63. The van der Waals surface area contributed by atoms with Gasteiger partial charge in [-0.1, -0.05) is 178 Å². The lowest BCUT2D eigenvalue weighted by atomic mass is 9.57. The van der Waals surface area contributed by atoms with Crippen LogP contribution in [0.5, 0.6) is 0 Å². The molecule has 4 aliphatic heterocycles. The number of carbonyl (C=O) groups excluding carboxylic acids is 14. The van der Waals surface area contributed by atoms with Gasteiger partial charge in [0.05, 0.1) is 89.5 Å². The van der Waals surface area contributed by atoms with Crippen LogP contribution in [0.2, 0.25) is 0 Å². The van der Waals surface area contributed by atoms with Crippen LogP contribution in [0.4, 0.5) is 17.1 Å². The predicted molar refractivity (Wildman–Crippen MR) is 572 cm³/mol. The summed E-state index contributed by atoms with van der Waals surface area (Å²) in [6.07, 6.45) is 6.57. The van der Waals surface area contributed by atoms with Crippen molar-refractivity contribution in [2.45, 2.75) is 275 Å². The minimum absolute atomic E-state index is 0.0225. The number of carboxylic acid groups (broad SMARTS) is 3. The molecule has 14 atom stereocenters. The maximum absolute atomic E-state index is 15.7. The lowest BCUT2D eigenvalue weighted by molar-refractivity contribution is -0.168. The van der Waals surface area contributed by atoms with E-state index in [0.717, 1.165) is 58.2 Å². The van der Waals surface area contributed by atoms with Gasteiger partial charge in [0.15, 0.2) is 5.78 Å². The van der Waals surface area contributed by atoms with Gasteiger partial charge in [0.1, 0.15) is 0 Å². The molecule has 0 aliphatic carbocycles. The van der Waals surface area contributed by atoms with Crippen molar-refractivity contribution in [1.29, 1.82) is 0 Å². The first-order valence-electron chi connectivity index (χ1n) is 53.0. The zero-order valence-electron chi connectivity index (χ0n) is 94.2. The van der Waals surface area contributed by atoms with Crippen LogP contribution in [0.3, 0.4) is 0 Å². The lowest BCUT2D eigenvalue weighted by Gasteiger charge is -2.45. The van der Waals surface area contributed by atoms with Crippen molar-refractivity contribution in [1.82, 2.24) is 31.1 Å². The summed E-state index contributed by atoms with van der Waals surface area (Å²) in [6.45, 7) is 41.6. The smallest absolute Gasteiger partial charge is 0.318 e. The number of nitrogens with two attached hydrogens (primary N) is 2. The molecule has 8 amide bonds. The topological polar surface area (TPSA) is 515 Å². The van der Waals surface area contributed by atoms with E-state index >= 15 is 24.0 Å². The number of carboxylic acids is 3. The summed E-state index contributed by atoms with van der Waals surface area (Å²) in [6, 6.07) is 21.7. The van der Waals surface area contributed by atoms with Gasteiger partial charge in [-0.3, -0.25) is 91.3 Å². The van der Waals surface area contributed by atoms with E-state index < -0.39 is 187 Å². The van der Waals surface area contributed by atoms with Crippen LogP contribution in [-0.4, -0.2) is 239 Å². The van der Waals surface area contributed by atoms with Crippen LogP contribution in [0.25, 0.3) is 0 Å². The van der Waals surface area contributed by atoms with E-state index in [-0.39, 0.29) is 125 Å². The molecule has 14 unspecified atom stereocenters. The molecule has 0 radical (unpaired) electrons. The second kappa shape index (κ2) is 59.5. The van der Waals surface area contributed by atoms with Gasteiger partial charge < -0.3 is 82.1 Å². The molecular formula is C113H181N11O24. The zero-order valence-corrected chi connectivity index (χ0v) is 94.2. The second-order valence-corrected chi connectivity index (χ2v) is 45.5. The van der Waals surface area contributed by atoms with E-state index in [9.17, 15) is 72.9 Å². The Kier molecular flexibility index (Phi) is 52.7. The number of amides is 8. The average molecular weight is 2080 g/mol. The number of unbranched alkanes of at least 4 members (excludes halogenated alkanes) is 4. The molecule has 4 aliphatic rings. The molecule has 4 saturated heterocycles. The number of cyclic esters (lactones) is 4. The van der Waals surface area contributed by atoms with E-state index in [4.69, 9.17) is 26.0 Å². The first kappa shape index (κ1) is 131. The average Bonchev–Trinajstić information content (AvgIpc) is 1.57. The Bertz CT molecular complexity index is 4910. The predicted octanol–water partition coefficient (Wildman–Crippen LogP) is 14.7. The van der Waals surface area contributed by atoms with Crippen molar-refractivity contribution >= 4 is 118 Å². The number of rotatable bonds is 55. The van der Waals surface area contributed by atoms with Crippen LogP contribution >= 0.6 is 0 Å². The first-order chi connectivity index (χ1) is 68.9. The molecule has 148 heavy (non-hydrogen) atoms. The molecule has 0 saturated carbocycles. The van der Waals surface area contributed by atoms with Crippen molar-refractivity contribution in [3.8, 4) is 0 Å². The van der Waals surface area contributed by atoms with Gasteiger partial charge in [0.2, 0.25) is 35.4 Å². The fraction of sp³-hybridized carbons (Fsp3) is 0.690. The van der Waals surface area contributed by atoms with Crippen molar-refractivity contribution in [3.05, 3.63) is 89.5 Å². The number of hydrogen-bond acceptors (Lipinski definition) is 26. The fourth-order valence-electron chi connectivity index (χ4n) is 21.4. The summed E-state index contributed by atoms with van der Waals surface area (Å²) >= 11 is 0. The van der Waals surface area contributed by atoms with E-state index in [1.54, 1.807) is 119 Å². The number of hydrogen-bond donors (Lipinski definition) is 10.